The first-order valence-corrected chi connectivity index (χ1v) is 16.4. The zero-order valence-corrected chi connectivity index (χ0v) is 25.4. The molecule has 4 N–H and O–H groups in total. The first-order chi connectivity index (χ1) is 19.1. The third-order valence-electron chi connectivity index (χ3n) is 12.7. The number of aromatic amines is 1. The highest BCUT2D eigenvalue weighted by Crippen LogP contribution is 2.68. The molecule has 0 spiro atoms. The van der Waals surface area contributed by atoms with Crippen LogP contribution in [-0.2, 0) is 11.2 Å². The minimum atomic E-state index is -0.231. The number of benzene rings is 1. The summed E-state index contributed by atoms with van der Waals surface area (Å²) in [5.74, 6) is 3.29. The van der Waals surface area contributed by atoms with Crippen molar-refractivity contribution in [1.82, 2.24) is 10.3 Å². The van der Waals surface area contributed by atoms with Gasteiger partial charge in [-0.05, 0) is 134 Å². The van der Waals surface area contributed by atoms with E-state index in [1.54, 1.807) is 0 Å². The van der Waals surface area contributed by atoms with Crippen molar-refractivity contribution in [3.63, 3.8) is 0 Å². The van der Waals surface area contributed by atoms with E-state index >= 15 is 0 Å². The van der Waals surface area contributed by atoms with Gasteiger partial charge >= 0.3 is 0 Å². The Balaban J connectivity index is 1.03. The molecular formula is C34H49ClN2O3. The molecule has 220 valence electrons. The van der Waals surface area contributed by atoms with E-state index < -0.39 is 0 Å². The van der Waals surface area contributed by atoms with Crippen LogP contribution >= 0.6 is 11.6 Å². The Morgan fingerprint density at radius 3 is 2.70 bits per heavy atom. The van der Waals surface area contributed by atoms with Crippen LogP contribution in [0, 0.1) is 46.3 Å². The molecule has 6 heteroatoms. The summed E-state index contributed by atoms with van der Waals surface area (Å²) in [7, 11) is 0. The van der Waals surface area contributed by atoms with Gasteiger partial charge in [-0.3, -0.25) is 4.79 Å². The molecule has 0 saturated heterocycles. The average Bonchev–Trinajstić information content (AvgIpc) is 3.48. The Bertz CT molecular complexity index is 1230. The van der Waals surface area contributed by atoms with E-state index in [9.17, 15) is 15.0 Å². The molecular weight excluding hydrogens is 520 g/mol. The molecule has 2 aromatic rings. The van der Waals surface area contributed by atoms with Crippen molar-refractivity contribution in [2.24, 2.45) is 46.3 Å². The Morgan fingerprint density at radius 2 is 1.88 bits per heavy atom. The predicted molar refractivity (Wildman–Crippen MR) is 161 cm³/mol. The van der Waals surface area contributed by atoms with Gasteiger partial charge in [0.05, 0.1) is 12.2 Å². The maximum atomic E-state index is 12.8. The lowest BCUT2D eigenvalue weighted by atomic mass is 9.43. The molecule has 4 fully saturated rings. The molecule has 4 aliphatic carbocycles. The molecule has 1 aromatic heterocycles. The van der Waals surface area contributed by atoms with Gasteiger partial charge in [0, 0.05) is 35.1 Å². The van der Waals surface area contributed by atoms with Crippen LogP contribution in [0.4, 0.5) is 0 Å². The number of halogens is 1. The fraction of sp³-hybridized carbons (Fsp3) is 0.735. The molecule has 6 rings (SSSR count). The van der Waals surface area contributed by atoms with Crippen LogP contribution < -0.4 is 5.32 Å². The number of aliphatic hydroxyl groups excluding tert-OH is 2. The summed E-state index contributed by atoms with van der Waals surface area (Å²) in [4.78, 5) is 16.1. The summed E-state index contributed by atoms with van der Waals surface area (Å²) in [6, 6.07) is 5.87. The maximum absolute atomic E-state index is 12.8. The zero-order chi connectivity index (χ0) is 28.2. The maximum Gasteiger partial charge on any atom is 0.220 e. The quantitative estimate of drug-likeness (QED) is 0.293. The highest BCUT2D eigenvalue weighted by Gasteiger charge is 2.62. The lowest BCUT2D eigenvalue weighted by Crippen LogP contribution is -2.58. The number of fused-ring (bicyclic) bond motifs is 6. The Morgan fingerprint density at radius 1 is 1.10 bits per heavy atom. The molecule has 1 aromatic carbocycles. The van der Waals surface area contributed by atoms with Crippen LogP contribution in [0.15, 0.2) is 24.4 Å². The third kappa shape index (κ3) is 4.92. The van der Waals surface area contributed by atoms with Gasteiger partial charge in [-0.2, -0.15) is 0 Å². The smallest absolute Gasteiger partial charge is 0.220 e. The third-order valence-corrected chi connectivity index (χ3v) is 12.9. The fourth-order valence-corrected chi connectivity index (χ4v) is 10.7. The van der Waals surface area contributed by atoms with E-state index in [2.05, 4.69) is 31.1 Å². The lowest BCUT2D eigenvalue weighted by molar-refractivity contribution is -0.174. The highest BCUT2D eigenvalue weighted by molar-refractivity contribution is 6.31. The van der Waals surface area contributed by atoms with Crippen LogP contribution in [0.2, 0.25) is 5.02 Å². The van der Waals surface area contributed by atoms with E-state index in [0.29, 0.717) is 48.5 Å². The second kappa shape index (κ2) is 10.9. The van der Waals surface area contributed by atoms with Crippen LogP contribution in [0.1, 0.15) is 90.5 Å². The molecule has 0 radical (unpaired) electrons. The molecule has 1 amide bonds. The molecule has 1 heterocycles. The number of aromatic nitrogens is 1. The van der Waals surface area contributed by atoms with Crippen molar-refractivity contribution < 1.29 is 15.0 Å². The van der Waals surface area contributed by atoms with Crippen molar-refractivity contribution >= 4 is 28.4 Å². The summed E-state index contributed by atoms with van der Waals surface area (Å²) >= 11 is 6.18. The number of carbonyl (C=O) groups excluding carboxylic acids is 1. The number of amides is 1. The van der Waals surface area contributed by atoms with E-state index in [4.69, 9.17) is 11.6 Å². The molecule has 5 nitrogen and oxygen atoms in total. The van der Waals surface area contributed by atoms with Crippen LogP contribution in [0.3, 0.4) is 0 Å². The minimum Gasteiger partial charge on any atom is -0.393 e. The summed E-state index contributed by atoms with van der Waals surface area (Å²) in [5, 5.41) is 26.8. The van der Waals surface area contributed by atoms with Crippen LogP contribution in [0.5, 0.6) is 0 Å². The monoisotopic (exact) mass is 568 g/mol. The SMILES string of the molecule is C[C@H](CCC(=O)NCCc1c[nH]c2ccc(Cl)cc12)[C@H]1CC[C@H]2[C@@H]3[C@@H](O)C[C@@H]4C[C@H](O)CC[C@]4(C)[C@H]3CC[C@]12C. The van der Waals surface area contributed by atoms with Gasteiger partial charge in [0.15, 0.2) is 0 Å². The number of hydrogen-bond acceptors (Lipinski definition) is 3. The fourth-order valence-electron chi connectivity index (χ4n) is 10.5. The number of hydrogen-bond donors (Lipinski definition) is 4. The van der Waals surface area contributed by atoms with Crippen molar-refractivity contribution in [2.75, 3.05) is 6.54 Å². The van der Waals surface area contributed by atoms with E-state index in [1.807, 2.05) is 24.4 Å². The first-order valence-electron chi connectivity index (χ1n) is 16.0. The molecule has 40 heavy (non-hydrogen) atoms. The average molecular weight is 569 g/mol. The van der Waals surface area contributed by atoms with E-state index in [0.717, 1.165) is 54.5 Å². The van der Waals surface area contributed by atoms with Crippen molar-refractivity contribution in [3.8, 4) is 0 Å². The summed E-state index contributed by atoms with van der Waals surface area (Å²) < 4.78 is 0. The second-order valence-corrected chi connectivity index (χ2v) is 15.0. The number of nitrogens with one attached hydrogen (secondary N) is 2. The van der Waals surface area contributed by atoms with Crippen molar-refractivity contribution in [2.45, 2.75) is 104 Å². The van der Waals surface area contributed by atoms with Gasteiger partial charge in [0.1, 0.15) is 0 Å². The molecule has 4 saturated carbocycles. The van der Waals surface area contributed by atoms with Crippen molar-refractivity contribution in [1.29, 1.82) is 0 Å². The summed E-state index contributed by atoms with van der Waals surface area (Å²) in [6.07, 6.45) is 12.6. The second-order valence-electron chi connectivity index (χ2n) is 14.6. The predicted octanol–water partition coefficient (Wildman–Crippen LogP) is 6.89. The van der Waals surface area contributed by atoms with Crippen LogP contribution in [-0.4, -0.2) is 39.9 Å². The van der Waals surface area contributed by atoms with Gasteiger partial charge in [0.25, 0.3) is 0 Å². The van der Waals surface area contributed by atoms with Gasteiger partial charge < -0.3 is 20.5 Å². The van der Waals surface area contributed by atoms with Gasteiger partial charge in [0.2, 0.25) is 5.91 Å². The number of rotatable bonds is 7. The number of carbonyl (C=O) groups is 1. The topological polar surface area (TPSA) is 85.4 Å². The Kier molecular flexibility index (Phi) is 7.80. The van der Waals surface area contributed by atoms with E-state index in [1.165, 1.54) is 31.2 Å². The van der Waals surface area contributed by atoms with Gasteiger partial charge in [-0.15, -0.1) is 0 Å². The summed E-state index contributed by atoms with van der Waals surface area (Å²) in [6.45, 7) is 8.00. The highest BCUT2D eigenvalue weighted by atomic mass is 35.5. The van der Waals surface area contributed by atoms with Crippen molar-refractivity contribution in [3.05, 3.63) is 35.0 Å². The lowest BCUT2D eigenvalue weighted by Gasteiger charge is -2.62. The molecule has 10 atom stereocenters. The number of H-pyrrole nitrogens is 1. The van der Waals surface area contributed by atoms with Gasteiger partial charge in [-0.25, -0.2) is 0 Å². The number of aliphatic hydroxyl groups is 2. The Hall–Kier alpha value is -1.56. The summed E-state index contributed by atoms with van der Waals surface area (Å²) in [5.41, 5.74) is 2.78. The standard InChI is InChI=1S/C34H49ClN2O3/c1-20(4-9-31(40)36-15-12-21-19-37-29-8-5-23(35)18-25(21)29)26-6-7-27-32-28(11-14-34(26,27)3)33(2)13-10-24(38)16-22(33)17-30(32)39/h5,8,18-20,22,24,26-28,30,32,37-39H,4,6-7,9-17H2,1-3H3,(H,36,40)/t20-,22+,24-,26-,27+,28+,30+,32+,33+,34-/m1/s1. The van der Waals surface area contributed by atoms with Gasteiger partial charge in [-0.1, -0.05) is 32.4 Å². The minimum absolute atomic E-state index is 0.147. The molecule has 0 unspecified atom stereocenters. The molecule has 0 aliphatic heterocycles. The first kappa shape index (κ1) is 28.6. The van der Waals surface area contributed by atoms with Crippen LogP contribution in [0.25, 0.3) is 10.9 Å². The Labute approximate surface area is 244 Å². The zero-order valence-electron chi connectivity index (χ0n) is 24.6. The molecule has 0 bridgehead atoms. The normalized spacial score (nSPS) is 39.8. The van der Waals surface area contributed by atoms with E-state index in [-0.39, 0.29) is 28.9 Å². The molecule has 4 aliphatic rings. The largest absolute Gasteiger partial charge is 0.393 e.